The first-order valence-electron chi connectivity index (χ1n) is 5.95. The lowest BCUT2D eigenvalue weighted by Gasteiger charge is -2.21. The average Bonchev–Trinajstić information content (AvgIpc) is 2.82. The molecule has 0 radical (unpaired) electrons. The Kier molecular flexibility index (Phi) is 2.80. The highest BCUT2D eigenvalue weighted by molar-refractivity contribution is 5.40. The number of benzene rings is 1. The Hall–Kier alpha value is -1.06. The Morgan fingerprint density at radius 1 is 1.38 bits per heavy atom. The summed E-state index contributed by atoms with van der Waals surface area (Å²) in [5, 5.41) is 3.41. The second kappa shape index (κ2) is 4.44. The highest BCUT2D eigenvalue weighted by Crippen LogP contribution is 2.29. The maximum absolute atomic E-state index is 5.49. The Morgan fingerprint density at radius 2 is 2.38 bits per heavy atom. The van der Waals surface area contributed by atoms with Crippen LogP contribution in [0.15, 0.2) is 18.2 Å². The standard InChI is InChI=1S/C13H17NO2/c1-2-11(6-10-4-5-14-7-10)12-8-15-9-16-13(12)3-1/h1-3,10,14H,4-9H2. The molecule has 3 rings (SSSR count). The van der Waals surface area contributed by atoms with Gasteiger partial charge in [0.25, 0.3) is 0 Å². The normalized spacial score (nSPS) is 23.9. The third kappa shape index (κ3) is 1.93. The summed E-state index contributed by atoms with van der Waals surface area (Å²) in [6.45, 7) is 3.39. The topological polar surface area (TPSA) is 30.5 Å². The first kappa shape index (κ1) is 10.1. The van der Waals surface area contributed by atoms with Crippen molar-refractivity contribution < 1.29 is 9.47 Å². The van der Waals surface area contributed by atoms with Crippen LogP contribution in [0.4, 0.5) is 0 Å². The molecule has 0 saturated carbocycles. The maximum atomic E-state index is 5.49. The molecule has 1 fully saturated rings. The molecule has 1 aromatic carbocycles. The Morgan fingerprint density at radius 3 is 3.25 bits per heavy atom. The van der Waals surface area contributed by atoms with Gasteiger partial charge in [0.2, 0.25) is 0 Å². The zero-order valence-corrected chi connectivity index (χ0v) is 9.37. The van der Waals surface area contributed by atoms with Crippen LogP contribution in [0.3, 0.4) is 0 Å². The summed E-state index contributed by atoms with van der Waals surface area (Å²) in [4.78, 5) is 0. The van der Waals surface area contributed by atoms with Gasteiger partial charge in [0.05, 0.1) is 6.61 Å². The van der Waals surface area contributed by atoms with Crippen LogP contribution >= 0.6 is 0 Å². The second-order valence-corrected chi connectivity index (χ2v) is 4.57. The fraction of sp³-hybridized carbons (Fsp3) is 0.538. The molecule has 3 heteroatoms. The van der Waals surface area contributed by atoms with Crippen LogP contribution in [0.2, 0.25) is 0 Å². The molecule has 0 aromatic heterocycles. The number of nitrogens with one attached hydrogen (secondary N) is 1. The molecule has 3 nitrogen and oxygen atoms in total. The first-order chi connectivity index (χ1) is 7.93. The minimum absolute atomic E-state index is 0.390. The van der Waals surface area contributed by atoms with E-state index in [1.165, 1.54) is 17.5 Å². The second-order valence-electron chi connectivity index (χ2n) is 4.57. The fourth-order valence-corrected chi connectivity index (χ4v) is 2.55. The van der Waals surface area contributed by atoms with E-state index in [1.807, 2.05) is 6.07 Å². The first-order valence-corrected chi connectivity index (χ1v) is 5.95. The summed E-state index contributed by atoms with van der Waals surface area (Å²) in [5.74, 6) is 1.78. The minimum Gasteiger partial charge on any atom is -0.467 e. The van der Waals surface area contributed by atoms with Crippen LogP contribution < -0.4 is 10.1 Å². The van der Waals surface area contributed by atoms with Crippen molar-refractivity contribution in [1.82, 2.24) is 5.32 Å². The molecule has 2 aliphatic rings. The number of hydrogen-bond acceptors (Lipinski definition) is 3. The van der Waals surface area contributed by atoms with Gasteiger partial charge in [-0.1, -0.05) is 12.1 Å². The zero-order chi connectivity index (χ0) is 10.8. The fourth-order valence-electron chi connectivity index (χ4n) is 2.55. The van der Waals surface area contributed by atoms with Crippen LogP contribution in [0.25, 0.3) is 0 Å². The SMILES string of the molecule is c1cc(CC2CCNC2)c2c(c1)OCOC2. The lowest BCUT2D eigenvalue weighted by molar-refractivity contribution is -0.0169. The van der Waals surface area contributed by atoms with Crippen LogP contribution in [0.1, 0.15) is 17.5 Å². The van der Waals surface area contributed by atoms with Gasteiger partial charge in [-0.15, -0.1) is 0 Å². The summed E-state index contributed by atoms with van der Waals surface area (Å²) < 4.78 is 10.9. The summed E-state index contributed by atoms with van der Waals surface area (Å²) in [7, 11) is 0. The van der Waals surface area contributed by atoms with Crippen molar-refractivity contribution in [3.63, 3.8) is 0 Å². The summed E-state index contributed by atoms with van der Waals surface area (Å²) in [6, 6.07) is 6.32. The van der Waals surface area contributed by atoms with Crippen LogP contribution in [0, 0.1) is 5.92 Å². The number of ether oxygens (including phenoxy) is 2. The minimum atomic E-state index is 0.390. The van der Waals surface area contributed by atoms with E-state index in [9.17, 15) is 0 Å². The number of fused-ring (bicyclic) bond motifs is 1. The van der Waals surface area contributed by atoms with Gasteiger partial charge in [0.15, 0.2) is 6.79 Å². The smallest absolute Gasteiger partial charge is 0.189 e. The van der Waals surface area contributed by atoms with Crippen molar-refractivity contribution in [2.24, 2.45) is 5.92 Å². The van der Waals surface area contributed by atoms with Gasteiger partial charge >= 0.3 is 0 Å². The molecule has 2 heterocycles. The predicted molar refractivity (Wildman–Crippen MR) is 61.4 cm³/mol. The molecule has 0 bridgehead atoms. The van der Waals surface area contributed by atoms with Crippen molar-refractivity contribution >= 4 is 0 Å². The van der Waals surface area contributed by atoms with Gasteiger partial charge in [-0.25, -0.2) is 0 Å². The van der Waals surface area contributed by atoms with E-state index in [2.05, 4.69) is 17.4 Å². The summed E-state index contributed by atoms with van der Waals surface area (Å²) in [5.41, 5.74) is 2.64. The maximum Gasteiger partial charge on any atom is 0.189 e. The molecule has 1 unspecified atom stereocenters. The van der Waals surface area contributed by atoms with Gasteiger partial charge in [-0.3, -0.25) is 0 Å². The molecule has 1 atom stereocenters. The van der Waals surface area contributed by atoms with Crippen molar-refractivity contribution in [2.45, 2.75) is 19.4 Å². The van der Waals surface area contributed by atoms with Gasteiger partial charge in [0.1, 0.15) is 5.75 Å². The van der Waals surface area contributed by atoms with E-state index >= 15 is 0 Å². The molecule has 1 N–H and O–H groups in total. The molecule has 2 aliphatic heterocycles. The Bertz CT molecular complexity index is 372. The van der Waals surface area contributed by atoms with Crippen molar-refractivity contribution in [3.8, 4) is 5.75 Å². The van der Waals surface area contributed by atoms with Gasteiger partial charge in [-0.05, 0) is 43.5 Å². The zero-order valence-electron chi connectivity index (χ0n) is 9.37. The van der Waals surface area contributed by atoms with Crippen molar-refractivity contribution in [1.29, 1.82) is 0 Å². The number of hydrogen-bond donors (Lipinski definition) is 1. The summed E-state index contributed by atoms with van der Waals surface area (Å²) in [6.07, 6.45) is 2.42. The monoisotopic (exact) mass is 219 g/mol. The highest BCUT2D eigenvalue weighted by Gasteiger charge is 2.19. The molecule has 1 aromatic rings. The van der Waals surface area contributed by atoms with Crippen LogP contribution in [-0.2, 0) is 17.8 Å². The van der Waals surface area contributed by atoms with Crippen LogP contribution in [0.5, 0.6) is 5.75 Å². The van der Waals surface area contributed by atoms with Crippen molar-refractivity contribution in [2.75, 3.05) is 19.9 Å². The Balaban J connectivity index is 1.82. The average molecular weight is 219 g/mol. The Labute approximate surface area is 95.8 Å². The van der Waals surface area contributed by atoms with E-state index in [1.54, 1.807) is 0 Å². The summed E-state index contributed by atoms with van der Waals surface area (Å²) >= 11 is 0. The molecule has 0 aliphatic carbocycles. The lowest BCUT2D eigenvalue weighted by Crippen LogP contribution is -2.16. The van der Waals surface area contributed by atoms with Gasteiger partial charge in [0, 0.05) is 5.56 Å². The molecule has 0 amide bonds. The third-order valence-electron chi connectivity index (χ3n) is 3.45. The molecular formula is C13H17NO2. The molecule has 1 saturated heterocycles. The number of rotatable bonds is 2. The van der Waals surface area contributed by atoms with E-state index in [4.69, 9.17) is 9.47 Å². The quantitative estimate of drug-likeness (QED) is 0.821. The predicted octanol–water partition coefficient (Wildman–Crippen LogP) is 1.71. The van der Waals surface area contributed by atoms with Gasteiger partial charge < -0.3 is 14.8 Å². The third-order valence-corrected chi connectivity index (χ3v) is 3.45. The van der Waals surface area contributed by atoms with E-state index in [0.29, 0.717) is 13.4 Å². The molecule has 86 valence electrons. The lowest BCUT2D eigenvalue weighted by atomic mass is 9.94. The van der Waals surface area contributed by atoms with E-state index < -0.39 is 0 Å². The molecular weight excluding hydrogens is 202 g/mol. The molecule has 0 spiro atoms. The van der Waals surface area contributed by atoms with E-state index in [0.717, 1.165) is 31.2 Å². The van der Waals surface area contributed by atoms with E-state index in [-0.39, 0.29) is 0 Å². The van der Waals surface area contributed by atoms with Gasteiger partial charge in [-0.2, -0.15) is 0 Å². The van der Waals surface area contributed by atoms with Crippen LogP contribution in [-0.4, -0.2) is 19.9 Å². The largest absolute Gasteiger partial charge is 0.467 e. The van der Waals surface area contributed by atoms with Crippen molar-refractivity contribution in [3.05, 3.63) is 29.3 Å². The highest BCUT2D eigenvalue weighted by atomic mass is 16.7. The molecule has 16 heavy (non-hydrogen) atoms.